The first-order valence-electron chi connectivity index (χ1n) is 10.4. The Kier molecular flexibility index (Phi) is 7.24. The van der Waals surface area contributed by atoms with Crippen LogP contribution in [0.3, 0.4) is 0 Å². The average molecular weight is 378 g/mol. The van der Waals surface area contributed by atoms with Gasteiger partial charge in [0.2, 0.25) is 5.91 Å². The maximum Gasteiger partial charge on any atom is 0.224 e. The van der Waals surface area contributed by atoms with E-state index in [9.17, 15) is 4.79 Å². The maximum atomic E-state index is 12.0. The molecular weight excluding hydrogens is 346 g/mol. The minimum Gasteiger partial charge on any atom is -0.356 e. The molecule has 0 unspecified atom stereocenters. The van der Waals surface area contributed by atoms with E-state index in [1.807, 2.05) is 30.3 Å². The molecule has 4 heteroatoms. The molecule has 3 rings (SSSR count). The molecule has 148 valence electrons. The summed E-state index contributed by atoms with van der Waals surface area (Å²) in [6, 6.07) is 18.3. The monoisotopic (exact) mass is 377 g/mol. The minimum absolute atomic E-state index is 0.102. The number of carbonyl (C=O) groups is 1. The van der Waals surface area contributed by atoms with Gasteiger partial charge >= 0.3 is 0 Å². The Morgan fingerprint density at radius 3 is 2.54 bits per heavy atom. The Hall–Kier alpha value is -2.62. The van der Waals surface area contributed by atoms with E-state index in [1.165, 1.54) is 11.3 Å². The van der Waals surface area contributed by atoms with Crippen LogP contribution in [0.25, 0.3) is 11.0 Å². The number of aryl methyl sites for hydroxylation is 1. The molecule has 1 aromatic heterocycles. The summed E-state index contributed by atoms with van der Waals surface area (Å²) in [5.74, 6) is 1.88. The van der Waals surface area contributed by atoms with Gasteiger partial charge in [-0.3, -0.25) is 4.79 Å². The van der Waals surface area contributed by atoms with Crippen molar-refractivity contribution in [3.8, 4) is 0 Å². The van der Waals surface area contributed by atoms with Crippen LogP contribution in [0, 0.1) is 5.92 Å². The zero-order valence-electron chi connectivity index (χ0n) is 17.0. The molecule has 0 spiro atoms. The van der Waals surface area contributed by atoms with Crippen molar-refractivity contribution in [1.29, 1.82) is 0 Å². The molecule has 0 atom stereocenters. The van der Waals surface area contributed by atoms with Crippen molar-refractivity contribution < 1.29 is 4.79 Å². The summed E-state index contributed by atoms with van der Waals surface area (Å²) in [6.45, 7) is 6.24. The fourth-order valence-electron chi connectivity index (χ4n) is 3.54. The molecule has 2 aromatic carbocycles. The molecule has 0 saturated carbocycles. The topological polar surface area (TPSA) is 46.9 Å². The van der Waals surface area contributed by atoms with Gasteiger partial charge in [-0.15, -0.1) is 0 Å². The average Bonchev–Trinajstić information content (AvgIpc) is 3.02. The van der Waals surface area contributed by atoms with Crippen molar-refractivity contribution in [3.63, 3.8) is 0 Å². The van der Waals surface area contributed by atoms with Crippen molar-refractivity contribution in [1.82, 2.24) is 14.9 Å². The molecule has 0 aliphatic rings. The molecule has 0 bridgehead atoms. The normalized spacial score (nSPS) is 11.2. The second-order valence-corrected chi connectivity index (χ2v) is 7.84. The summed E-state index contributed by atoms with van der Waals surface area (Å²) in [5.41, 5.74) is 3.38. The number of aromatic nitrogens is 2. The third kappa shape index (κ3) is 5.69. The van der Waals surface area contributed by atoms with Gasteiger partial charge in [-0.25, -0.2) is 4.98 Å². The molecule has 0 aliphatic carbocycles. The number of benzene rings is 2. The number of nitrogens with zero attached hydrogens (tertiary/aromatic N) is 2. The highest BCUT2D eigenvalue weighted by Crippen LogP contribution is 2.19. The Morgan fingerprint density at radius 2 is 1.75 bits per heavy atom. The number of fused-ring (bicyclic) bond motifs is 1. The summed E-state index contributed by atoms with van der Waals surface area (Å²) in [7, 11) is 0. The van der Waals surface area contributed by atoms with E-state index in [-0.39, 0.29) is 5.91 Å². The first kappa shape index (κ1) is 20.1. The summed E-state index contributed by atoms with van der Waals surface area (Å²) in [6.07, 6.45) is 4.64. The van der Waals surface area contributed by atoms with Crippen LogP contribution in [0.2, 0.25) is 0 Å². The summed E-state index contributed by atoms with van der Waals surface area (Å²) in [5, 5.41) is 3.03. The predicted octanol–water partition coefficient (Wildman–Crippen LogP) is 4.76. The highest BCUT2D eigenvalue weighted by molar-refractivity contribution is 5.78. The van der Waals surface area contributed by atoms with Crippen LogP contribution < -0.4 is 5.32 Å². The van der Waals surface area contributed by atoms with E-state index in [4.69, 9.17) is 4.98 Å². The van der Waals surface area contributed by atoms with Crippen molar-refractivity contribution in [2.45, 2.75) is 52.5 Å². The van der Waals surface area contributed by atoms with E-state index >= 15 is 0 Å². The number of imidazole rings is 1. The predicted molar refractivity (Wildman–Crippen MR) is 115 cm³/mol. The maximum absolute atomic E-state index is 12.0. The van der Waals surface area contributed by atoms with Crippen molar-refractivity contribution in [3.05, 3.63) is 66.0 Å². The van der Waals surface area contributed by atoms with E-state index < -0.39 is 0 Å². The number of nitrogens with one attached hydrogen (secondary N) is 1. The van der Waals surface area contributed by atoms with Gasteiger partial charge in [0.25, 0.3) is 0 Å². The largest absolute Gasteiger partial charge is 0.356 e. The van der Waals surface area contributed by atoms with Gasteiger partial charge < -0.3 is 9.88 Å². The van der Waals surface area contributed by atoms with Crippen LogP contribution in [0.4, 0.5) is 0 Å². The number of carbonyl (C=O) groups excluding carboxylic acids is 1. The third-order valence-electron chi connectivity index (χ3n) is 4.89. The number of amides is 1. The van der Waals surface area contributed by atoms with Crippen LogP contribution in [0.5, 0.6) is 0 Å². The number of unbranched alkanes of at least 4 members (excludes halogenated alkanes) is 2. The molecular formula is C24H31N3O. The van der Waals surface area contributed by atoms with Gasteiger partial charge in [-0.2, -0.15) is 0 Å². The second kappa shape index (κ2) is 10.1. The van der Waals surface area contributed by atoms with Gasteiger partial charge in [-0.05, 0) is 36.5 Å². The van der Waals surface area contributed by atoms with E-state index in [2.05, 4.69) is 48.0 Å². The first-order valence-corrected chi connectivity index (χ1v) is 10.4. The van der Waals surface area contributed by atoms with Crippen molar-refractivity contribution in [2.24, 2.45) is 5.92 Å². The van der Waals surface area contributed by atoms with Crippen LogP contribution in [-0.2, 0) is 24.2 Å². The lowest BCUT2D eigenvalue weighted by Crippen LogP contribution is -2.26. The number of hydrogen-bond acceptors (Lipinski definition) is 2. The van der Waals surface area contributed by atoms with Crippen LogP contribution in [0.1, 0.15) is 44.5 Å². The molecule has 28 heavy (non-hydrogen) atoms. The van der Waals surface area contributed by atoms with Crippen LogP contribution in [0.15, 0.2) is 54.6 Å². The van der Waals surface area contributed by atoms with Gasteiger partial charge in [0, 0.05) is 19.5 Å². The number of hydrogen-bond donors (Lipinski definition) is 1. The minimum atomic E-state index is 0.102. The summed E-state index contributed by atoms with van der Waals surface area (Å²) in [4.78, 5) is 16.8. The smallest absolute Gasteiger partial charge is 0.224 e. The lowest BCUT2D eigenvalue weighted by Gasteiger charge is -2.12. The zero-order valence-corrected chi connectivity index (χ0v) is 17.0. The first-order chi connectivity index (χ1) is 13.6. The van der Waals surface area contributed by atoms with E-state index in [0.29, 0.717) is 12.3 Å². The van der Waals surface area contributed by atoms with Crippen LogP contribution in [-0.4, -0.2) is 22.0 Å². The molecule has 4 nitrogen and oxygen atoms in total. The van der Waals surface area contributed by atoms with E-state index in [1.54, 1.807) is 0 Å². The van der Waals surface area contributed by atoms with Gasteiger partial charge in [0.1, 0.15) is 5.82 Å². The Labute approximate surface area is 168 Å². The molecule has 1 N–H and O–H groups in total. The molecule has 1 heterocycles. The Balaban J connectivity index is 1.42. The van der Waals surface area contributed by atoms with Gasteiger partial charge in [0.15, 0.2) is 0 Å². The fourth-order valence-corrected chi connectivity index (χ4v) is 3.54. The zero-order chi connectivity index (χ0) is 19.8. The van der Waals surface area contributed by atoms with Crippen molar-refractivity contribution >= 4 is 16.9 Å². The lowest BCUT2D eigenvalue weighted by molar-refractivity contribution is -0.120. The number of rotatable bonds is 10. The summed E-state index contributed by atoms with van der Waals surface area (Å²) < 4.78 is 2.38. The van der Waals surface area contributed by atoms with Crippen molar-refractivity contribution in [2.75, 3.05) is 6.54 Å². The second-order valence-electron chi connectivity index (χ2n) is 7.84. The Bertz CT molecular complexity index is 883. The number of para-hydroxylation sites is 2. The molecule has 0 saturated heterocycles. The Morgan fingerprint density at radius 1 is 1.00 bits per heavy atom. The van der Waals surface area contributed by atoms with Gasteiger partial charge in [0.05, 0.1) is 17.5 Å². The van der Waals surface area contributed by atoms with E-state index in [0.717, 1.165) is 49.9 Å². The molecule has 0 aliphatic heterocycles. The lowest BCUT2D eigenvalue weighted by atomic mass is 10.1. The quantitative estimate of drug-likeness (QED) is 0.518. The molecule has 0 fully saturated rings. The van der Waals surface area contributed by atoms with Crippen LogP contribution >= 0.6 is 0 Å². The SMILES string of the molecule is CC(C)Cn1c(CCCCCNC(=O)Cc2ccccc2)nc2ccccc21. The third-order valence-corrected chi connectivity index (χ3v) is 4.89. The van der Waals surface area contributed by atoms with Gasteiger partial charge in [-0.1, -0.05) is 62.7 Å². The standard InChI is InChI=1S/C24H31N3O/c1-19(2)18-27-22-14-9-8-13-21(22)26-23(27)15-7-4-10-16-25-24(28)17-20-11-5-3-6-12-20/h3,5-6,8-9,11-14,19H,4,7,10,15-18H2,1-2H3,(H,25,28). The highest BCUT2D eigenvalue weighted by atomic mass is 16.1. The highest BCUT2D eigenvalue weighted by Gasteiger charge is 2.11. The summed E-state index contributed by atoms with van der Waals surface area (Å²) >= 11 is 0. The molecule has 1 amide bonds. The molecule has 0 radical (unpaired) electrons. The molecule has 3 aromatic rings. The fraction of sp³-hybridized carbons (Fsp3) is 0.417.